The van der Waals surface area contributed by atoms with Gasteiger partial charge >= 0.3 is 5.97 Å². The minimum absolute atomic E-state index is 0.000124. The first-order valence-electron chi connectivity index (χ1n) is 12.9. The van der Waals surface area contributed by atoms with Crippen LogP contribution in [0.4, 0.5) is 0 Å². The van der Waals surface area contributed by atoms with Crippen LogP contribution < -0.4 is 10.1 Å². The van der Waals surface area contributed by atoms with Crippen molar-refractivity contribution in [1.82, 2.24) is 10.2 Å². The van der Waals surface area contributed by atoms with Crippen molar-refractivity contribution in [2.45, 2.75) is 64.0 Å². The van der Waals surface area contributed by atoms with E-state index in [0.29, 0.717) is 13.0 Å². The number of esters is 1. The Hall–Kier alpha value is -3.12. The van der Waals surface area contributed by atoms with Crippen LogP contribution in [-0.4, -0.2) is 50.6 Å². The second kappa shape index (κ2) is 17.3. The number of nitrogens with zero attached hydrogens (tertiary/aromatic N) is 1. The monoisotopic (exact) mass is 494 g/mol. The van der Waals surface area contributed by atoms with Crippen molar-refractivity contribution < 1.29 is 19.1 Å². The molecule has 0 saturated carbocycles. The molecule has 0 aliphatic rings. The molecule has 2 aromatic rings. The molecule has 196 valence electrons. The van der Waals surface area contributed by atoms with E-state index in [9.17, 15) is 9.59 Å². The highest BCUT2D eigenvalue weighted by Gasteiger charge is 2.18. The van der Waals surface area contributed by atoms with E-state index in [1.807, 2.05) is 61.5 Å². The lowest BCUT2D eigenvalue weighted by Crippen LogP contribution is -2.43. The van der Waals surface area contributed by atoms with Crippen LogP contribution >= 0.6 is 0 Å². The van der Waals surface area contributed by atoms with Crippen molar-refractivity contribution in [1.29, 1.82) is 0 Å². The maximum absolute atomic E-state index is 12.4. The fourth-order valence-electron chi connectivity index (χ4n) is 3.91. The van der Waals surface area contributed by atoms with Gasteiger partial charge in [-0.05, 0) is 56.6 Å². The Bertz CT molecular complexity index is 910. The van der Waals surface area contributed by atoms with Crippen molar-refractivity contribution >= 4 is 18.0 Å². The molecule has 0 unspecified atom stereocenters. The van der Waals surface area contributed by atoms with Gasteiger partial charge in [-0.15, -0.1) is 0 Å². The Morgan fingerprint density at radius 2 is 1.64 bits per heavy atom. The van der Waals surface area contributed by atoms with E-state index < -0.39 is 0 Å². The number of likely N-dealkylation sites (N-methyl/N-ethyl adjacent to an activating group) is 1. The molecule has 36 heavy (non-hydrogen) atoms. The first-order valence-corrected chi connectivity index (χ1v) is 12.9. The van der Waals surface area contributed by atoms with Crippen LogP contribution in [0.1, 0.15) is 62.5 Å². The molecule has 0 bridgehead atoms. The summed E-state index contributed by atoms with van der Waals surface area (Å²) in [6.45, 7) is 0.843. The summed E-state index contributed by atoms with van der Waals surface area (Å²) in [5.74, 6) is 0.572. The summed E-state index contributed by atoms with van der Waals surface area (Å²) in [7, 11) is 5.54. The number of carbonyl (C=O) groups is 2. The fourth-order valence-corrected chi connectivity index (χ4v) is 3.91. The Balaban J connectivity index is 1.57. The highest BCUT2D eigenvalue weighted by molar-refractivity contribution is 5.77. The molecule has 0 heterocycles. The first-order chi connectivity index (χ1) is 17.5. The number of ether oxygens (including phenoxy) is 2. The Morgan fingerprint density at radius 3 is 2.33 bits per heavy atom. The summed E-state index contributed by atoms with van der Waals surface area (Å²) in [5, 5.41) is 3.02. The number of carbonyl (C=O) groups excluding carboxylic acids is 2. The third kappa shape index (κ3) is 13.1. The van der Waals surface area contributed by atoms with Gasteiger partial charge in [0.2, 0.25) is 5.91 Å². The third-order valence-electron chi connectivity index (χ3n) is 5.81. The number of hydrogen-bond donors (Lipinski definition) is 1. The summed E-state index contributed by atoms with van der Waals surface area (Å²) in [6, 6.07) is 17.4. The number of hydrogen-bond acceptors (Lipinski definition) is 5. The fraction of sp³-hybridized carbons (Fsp3) is 0.467. The van der Waals surface area contributed by atoms with Gasteiger partial charge in [-0.3, -0.25) is 9.59 Å². The first kappa shape index (κ1) is 29.1. The lowest BCUT2D eigenvalue weighted by molar-refractivity contribution is -0.145. The van der Waals surface area contributed by atoms with E-state index in [1.54, 1.807) is 7.11 Å². The van der Waals surface area contributed by atoms with E-state index in [1.165, 1.54) is 5.56 Å². The average molecular weight is 495 g/mol. The lowest BCUT2D eigenvalue weighted by atomic mass is 10.1. The molecule has 0 saturated heterocycles. The number of benzene rings is 2. The van der Waals surface area contributed by atoms with Crippen molar-refractivity contribution in [2.24, 2.45) is 0 Å². The minimum atomic E-state index is -0.299. The average Bonchev–Trinajstić information content (AvgIpc) is 2.87. The van der Waals surface area contributed by atoms with E-state index in [0.717, 1.165) is 49.8 Å². The van der Waals surface area contributed by atoms with Gasteiger partial charge in [-0.25, -0.2) is 0 Å². The number of amides is 1. The van der Waals surface area contributed by atoms with E-state index in [-0.39, 0.29) is 30.9 Å². The zero-order valence-electron chi connectivity index (χ0n) is 22.1. The molecule has 0 fully saturated rings. The number of nitrogens with one attached hydrogen (secondary N) is 1. The summed E-state index contributed by atoms with van der Waals surface area (Å²) in [5.41, 5.74) is 2.13. The lowest BCUT2D eigenvalue weighted by Gasteiger charge is -2.22. The Morgan fingerprint density at radius 1 is 0.944 bits per heavy atom. The molecule has 2 rings (SSSR count). The molecular formula is C30H42N2O4. The molecule has 0 spiro atoms. The molecule has 0 aliphatic heterocycles. The van der Waals surface area contributed by atoms with Gasteiger partial charge in [-0.1, -0.05) is 73.9 Å². The molecule has 2 aromatic carbocycles. The zero-order valence-corrected chi connectivity index (χ0v) is 22.1. The molecular weight excluding hydrogens is 452 g/mol. The minimum Gasteiger partial charge on any atom is -0.497 e. The highest BCUT2D eigenvalue weighted by atomic mass is 16.5. The summed E-state index contributed by atoms with van der Waals surface area (Å²) in [4.78, 5) is 26.7. The quantitative estimate of drug-likeness (QED) is 0.228. The topological polar surface area (TPSA) is 67.9 Å². The number of unbranched alkanes of at least 4 members (excludes halogenated alkanes) is 5. The molecule has 0 radical (unpaired) electrons. The normalized spacial score (nSPS) is 12.0. The number of rotatable bonds is 17. The second-order valence-electron chi connectivity index (χ2n) is 9.36. The Kier molecular flexibility index (Phi) is 14.0. The second-order valence-corrected chi connectivity index (χ2v) is 9.36. The molecule has 0 aliphatic carbocycles. The molecule has 1 atom stereocenters. The predicted octanol–water partition coefficient (Wildman–Crippen LogP) is 5.62. The largest absolute Gasteiger partial charge is 0.497 e. The van der Waals surface area contributed by atoms with E-state index >= 15 is 0 Å². The van der Waals surface area contributed by atoms with Crippen LogP contribution in [0.2, 0.25) is 0 Å². The Labute approximate surface area is 216 Å². The van der Waals surface area contributed by atoms with Gasteiger partial charge in [0.15, 0.2) is 0 Å². The van der Waals surface area contributed by atoms with Crippen molar-refractivity contribution in [3.8, 4) is 5.75 Å². The molecule has 0 aromatic heterocycles. The van der Waals surface area contributed by atoms with Crippen molar-refractivity contribution in [3.05, 3.63) is 71.8 Å². The van der Waals surface area contributed by atoms with Crippen molar-refractivity contribution in [2.75, 3.05) is 27.7 Å². The standard InChI is InChI=1S/C30H42N2O4/c1-32(2)23-27(22-30(34)36-24-26-15-11-9-12-16-26)31-29(33)17-13-8-6-4-5-7-10-14-25-18-20-28(35-3)21-19-25/h9-12,14-16,18-21,27H,4-8,13,17,22-24H2,1-3H3,(H,31,33)/t27-/m1/s1. The molecule has 6 nitrogen and oxygen atoms in total. The van der Waals surface area contributed by atoms with Gasteiger partial charge in [-0.2, -0.15) is 0 Å². The van der Waals surface area contributed by atoms with Crippen LogP contribution in [0.3, 0.4) is 0 Å². The van der Waals surface area contributed by atoms with Crippen LogP contribution in [0.15, 0.2) is 60.7 Å². The van der Waals surface area contributed by atoms with Gasteiger partial charge in [0.1, 0.15) is 12.4 Å². The summed E-state index contributed by atoms with van der Waals surface area (Å²) in [6.07, 6.45) is 11.4. The summed E-state index contributed by atoms with van der Waals surface area (Å²) >= 11 is 0. The third-order valence-corrected chi connectivity index (χ3v) is 5.81. The van der Waals surface area contributed by atoms with Gasteiger partial charge in [0.05, 0.1) is 19.6 Å². The van der Waals surface area contributed by atoms with E-state index in [4.69, 9.17) is 9.47 Å². The maximum atomic E-state index is 12.4. The van der Waals surface area contributed by atoms with Crippen LogP contribution in [0.5, 0.6) is 5.75 Å². The van der Waals surface area contributed by atoms with Crippen LogP contribution in [0, 0.1) is 0 Å². The van der Waals surface area contributed by atoms with E-state index in [2.05, 4.69) is 29.6 Å². The van der Waals surface area contributed by atoms with Gasteiger partial charge < -0.3 is 19.7 Å². The molecule has 1 N–H and O–H groups in total. The molecule has 6 heteroatoms. The number of allylic oxidation sites excluding steroid dienone is 1. The SMILES string of the molecule is COc1ccc(C=CCCCCCCCC(=O)N[C@H](CC(=O)OCc2ccccc2)CN(C)C)cc1. The smallest absolute Gasteiger partial charge is 0.308 e. The van der Waals surface area contributed by atoms with Crippen LogP contribution in [-0.2, 0) is 20.9 Å². The van der Waals surface area contributed by atoms with Gasteiger partial charge in [0, 0.05) is 13.0 Å². The van der Waals surface area contributed by atoms with Crippen molar-refractivity contribution in [3.63, 3.8) is 0 Å². The van der Waals surface area contributed by atoms with Gasteiger partial charge in [0.25, 0.3) is 0 Å². The summed E-state index contributed by atoms with van der Waals surface area (Å²) < 4.78 is 10.6. The number of methoxy groups -OCH3 is 1. The zero-order chi connectivity index (χ0) is 26.0. The van der Waals surface area contributed by atoms with Crippen LogP contribution in [0.25, 0.3) is 6.08 Å². The molecule has 1 amide bonds. The maximum Gasteiger partial charge on any atom is 0.308 e. The predicted molar refractivity (Wildman–Crippen MR) is 146 cm³/mol. The highest BCUT2D eigenvalue weighted by Crippen LogP contribution is 2.14.